The minimum atomic E-state index is -0.107. The molecular weight excluding hydrogens is 407 g/mol. The molecule has 29 heavy (non-hydrogen) atoms. The highest BCUT2D eigenvalue weighted by Crippen LogP contribution is 2.27. The maximum atomic E-state index is 12.1. The van der Waals surface area contributed by atoms with Crippen molar-refractivity contribution in [1.82, 2.24) is 5.32 Å². The molecule has 0 radical (unpaired) electrons. The fourth-order valence-corrected chi connectivity index (χ4v) is 4.65. The van der Waals surface area contributed by atoms with Gasteiger partial charge in [0.1, 0.15) is 5.75 Å². The minimum absolute atomic E-state index is 0.0287. The number of halogens is 2. The zero-order chi connectivity index (χ0) is 21.0. The summed E-state index contributed by atoms with van der Waals surface area (Å²) in [5.74, 6) is 0.373. The number of nitrogens with one attached hydrogen (secondary N) is 1. The molecule has 4 nitrogen and oxygen atoms in total. The Morgan fingerprint density at radius 3 is 2.41 bits per heavy atom. The summed E-state index contributed by atoms with van der Waals surface area (Å²) in [4.78, 5) is 12.1. The number of quaternary nitrogens is 1. The predicted octanol–water partition coefficient (Wildman–Crippen LogP) is 5.85. The van der Waals surface area contributed by atoms with Gasteiger partial charge >= 0.3 is 0 Å². The van der Waals surface area contributed by atoms with E-state index in [9.17, 15) is 4.79 Å². The van der Waals surface area contributed by atoms with E-state index in [1.165, 1.54) is 81.9 Å². The molecule has 0 unspecified atom stereocenters. The summed E-state index contributed by atoms with van der Waals surface area (Å²) in [7, 11) is 0. The molecule has 1 aliphatic heterocycles. The highest BCUT2D eigenvalue weighted by molar-refractivity contribution is 6.35. The summed E-state index contributed by atoms with van der Waals surface area (Å²) in [6, 6.07) is 5.00. The van der Waals surface area contributed by atoms with Crippen LogP contribution in [0.5, 0.6) is 5.75 Å². The summed E-state index contributed by atoms with van der Waals surface area (Å²) in [5, 5.41) is 3.98. The maximum Gasteiger partial charge on any atom is 0.258 e. The average Bonchev–Trinajstić information content (AvgIpc) is 3.15. The van der Waals surface area contributed by atoms with E-state index in [0.717, 1.165) is 6.54 Å². The third-order valence-corrected chi connectivity index (χ3v) is 6.44. The number of amides is 1. The van der Waals surface area contributed by atoms with E-state index in [0.29, 0.717) is 22.3 Å². The molecule has 0 spiro atoms. The van der Waals surface area contributed by atoms with Crippen LogP contribution in [-0.2, 0) is 4.79 Å². The number of rotatable bonds is 14. The Balaban J connectivity index is 1.64. The molecule has 0 aliphatic carbocycles. The summed E-state index contributed by atoms with van der Waals surface area (Å²) >= 11 is 11.9. The largest absolute Gasteiger partial charge is 0.482 e. The Morgan fingerprint density at radius 1 is 1.03 bits per heavy atom. The zero-order valence-electron chi connectivity index (χ0n) is 17.9. The van der Waals surface area contributed by atoms with Gasteiger partial charge in [-0.2, -0.15) is 0 Å². The Labute approximate surface area is 186 Å². The molecule has 0 saturated carbocycles. The molecule has 1 saturated heterocycles. The lowest BCUT2D eigenvalue weighted by atomic mass is 10.1. The van der Waals surface area contributed by atoms with Gasteiger partial charge in [-0.25, -0.2) is 0 Å². The number of benzene rings is 1. The van der Waals surface area contributed by atoms with Crippen molar-refractivity contribution in [2.75, 3.05) is 39.3 Å². The van der Waals surface area contributed by atoms with Crippen LogP contribution in [0.25, 0.3) is 0 Å². The Morgan fingerprint density at radius 2 is 1.72 bits per heavy atom. The molecule has 0 bridgehead atoms. The first kappa shape index (κ1) is 24.3. The van der Waals surface area contributed by atoms with Gasteiger partial charge in [0.15, 0.2) is 6.61 Å². The van der Waals surface area contributed by atoms with Crippen LogP contribution in [0.1, 0.15) is 64.7 Å². The molecule has 1 aromatic carbocycles. The monoisotopic (exact) mass is 443 g/mol. The van der Waals surface area contributed by atoms with Crippen molar-refractivity contribution in [2.45, 2.75) is 64.7 Å². The normalized spacial score (nSPS) is 15.4. The van der Waals surface area contributed by atoms with E-state index in [2.05, 4.69) is 12.2 Å². The van der Waals surface area contributed by atoms with E-state index < -0.39 is 0 Å². The summed E-state index contributed by atoms with van der Waals surface area (Å²) in [6.07, 6.45) is 12.1. The van der Waals surface area contributed by atoms with E-state index in [-0.39, 0.29) is 12.5 Å². The third kappa shape index (κ3) is 9.15. The highest BCUT2D eigenvalue weighted by atomic mass is 35.5. The molecule has 1 aromatic rings. The van der Waals surface area contributed by atoms with Crippen LogP contribution in [0, 0.1) is 0 Å². The van der Waals surface area contributed by atoms with E-state index in [1.54, 1.807) is 18.2 Å². The molecule has 1 fully saturated rings. The first-order chi connectivity index (χ1) is 14.0. The Hall–Kier alpha value is -0.970. The van der Waals surface area contributed by atoms with Crippen LogP contribution in [0.4, 0.5) is 0 Å². The number of likely N-dealkylation sites (tertiary alicyclic amines) is 1. The van der Waals surface area contributed by atoms with Crippen LogP contribution in [0.15, 0.2) is 18.2 Å². The van der Waals surface area contributed by atoms with Crippen LogP contribution in [0.3, 0.4) is 0 Å². The van der Waals surface area contributed by atoms with E-state index in [1.807, 2.05) is 0 Å². The van der Waals surface area contributed by atoms with Gasteiger partial charge in [-0.15, -0.1) is 0 Å². The standard InChI is InChI=1S/C23H36Cl2N2O2/c1-2-3-4-5-6-7-8-14-27(15-9-10-16-27)17-13-26-23(28)19-29-22-12-11-20(24)18-21(22)25/h11-12,18H,2-10,13-17,19H2,1H3/p+1. The first-order valence-corrected chi connectivity index (χ1v) is 12.0. The quantitative estimate of drug-likeness (QED) is 0.289. The van der Waals surface area contributed by atoms with Crippen molar-refractivity contribution < 1.29 is 14.0 Å². The lowest BCUT2D eigenvalue weighted by Gasteiger charge is -2.34. The fraction of sp³-hybridized carbons (Fsp3) is 0.696. The molecule has 1 heterocycles. The van der Waals surface area contributed by atoms with Crippen LogP contribution < -0.4 is 10.1 Å². The number of carbonyl (C=O) groups is 1. The van der Waals surface area contributed by atoms with E-state index in [4.69, 9.17) is 27.9 Å². The number of nitrogens with zero attached hydrogens (tertiary/aromatic N) is 1. The fourth-order valence-electron chi connectivity index (χ4n) is 4.19. The molecule has 1 amide bonds. The summed E-state index contributed by atoms with van der Waals surface area (Å²) in [5.41, 5.74) is 0. The number of unbranched alkanes of at least 4 members (excludes halogenated alkanes) is 6. The van der Waals surface area contributed by atoms with Crippen molar-refractivity contribution in [3.8, 4) is 5.75 Å². The van der Waals surface area contributed by atoms with Gasteiger partial charge in [-0.1, -0.05) is 62.2 Å². The van der Waals surface area contributed by atoms with E-state index >= 15 is 0 Å². The van der Waals surface area contributed by atoms with Gasteiger partial charge in [-0.3, -0.25) is 4.79 Å². The van der Waals surface area contributed by atoms with Crippen LogP contribution >= 0.6 is 23.2 Å². The second kappa shape index (κ2) is 13.4. The van der Waals surface area contributed by atoms with Crippen molar-refractivity contribution >= 4 is 29.1 Å². The number of hydrogen-bond donors (Lipinski definition) is 1. The van der Waals surface area contributed by atoms with Crippen molar-refractivity contribution in [3.63, 3.8) is 0 Å². The number of hydrogen-bond acceptors (Lipinski definition) is 2. The molecule has 0 aromatic heterocycles. The lowest BCUT2D eigenvalue weighted by Crippen LogP contribution is -2.50. The Bertz CT molecular complexity index is 619. The van der Waals surface area contributed by atoms with Gasteiger partial charge < -0.3 is 14.5 Å². The van der Waals surface area contributed by atoms with Gasteiger partial charge in [0, 0.05) is 17.9 Å². The van der Waals surface area contributed by atoms with Crippen molar-refractivity contribution in [3.05, 3.63) is 28.2 Å². The summed E-state index contributed by atoms with van der Waals surface area (Å²) < 4.78 is 6.68. The molecule has 1 aliphatic rings. The van der Waals surface area contributed by atoms with Crippen LogP contribution in [0.2, 0.25) is 10.0 Å². The SMILES string of the molecule is CCCCCCCCC[N+]1(CCNC(=O)COc2ccc(Cl)cc2Cl)CCCC1. The molecule has 1 N–H and O–H groups in total. The molecule has 164 valence electrons. The predicted molar refractivity (Wildman–Crippen MR) is 122 cm³/mol. The first-order valence-electron chi connectivity index (χ1n) is 11.2. The Kier molecular flexibility index (Phi) is 11.2. The van der Waals surface area contributed by atoms with Gasteiger partial charge in [0.25, 0.3) is 5.91 Å². The minimum Gasteiger partial charge on any atom is -0.482 e. The smallest absolute Gasteiger partial charge is 0.258 e. The van der Waals surface area contributed by atoms with Gasteiger partial charge in [0.05, 0.1) is 37.7 Å². The van der Waals surface area contributed by atoms with Gasteiger partial charge in [-0.05, 0) is 31.0 Å². The maximum absolute atomic E-state index is 12.1. The second-order valence-electron chi connectivity index (χ2n) is 8.28. The van der Waals surface area contributed by atoms with Crippen molar-refractivity contribution in [1.29, 1.82) is 0 Å². The highest BCUT2D eigenvalue weighted by Gasteiger charge is 2.30. The molecular formula is C23H37Cl2N2O2+. The van der Waals surface area contributed by atoms with Crippen molar-refractivity contribution in [2.24, 2.45) is 0 Å². The average molecular weight is 444 g/mol. The number of carbonyl (C=O) groups excluding carboxylic acids is 1. The molecule has 2 rings (SSSR count). The molecule has 6 heteroatoms. The molecule has 0 atom stereocenters. The third-order valence-electron chi connectivity index (χ3n) is 5.91. The summed E-state index contributed by atoms with van der Waals surface area (Å²) in [6.45, 7) is 7.71. The van der Waals surface area contributed by atoms with Gasteiger partial charge in [0.2, 0.25) is 0 Å². The topological polar surface area (TPSA) is 38.3 Å². The zero-order valence-corrected chi connectivity index (χ0v) is 19.4. The van der Waals surface area contributed by atoms with Crippen LogP contribution in [-0.4, -0.2) is 49.7 Å². The number of ether oxygens (including phenoxy) is 1. The lowest BCUT2D eigenvalue weighted by molar-refractivity contribution is -0.915. The second-order valence-corrected chi connectivity index (χ2v) is 9.12.